The molecule has 4 heteroatoms. The first-order valence-electron chi connectivity index (χ1n) is 6.81. The van der Waals surface area contributed by atoms with Gasteiger partial charge in [0.25, 0.3) is 0 Å². The number of hydrogen-bond acceptors (Lipinski definition) is 4. The summed E-state index contributed by atoms with van der Waals surface area (Å²) in [5, 5.41) is 3.46. The average molecular weight is 243 g/mol. The van der Waals surface area contributed by atoms with Crippen molar-refractivity contribution in [3.63, 3.8) is 0 Å². The summed E-state index contributed by atoms with van der Waals surface area (Å²) in [4.78, 5) is 0. The Morgan fingerprint density at radius 1 is 1.18 bits per heavy atom. The third kappa shape index (κ3) is 3.91. The Hall–Kier alpha value is -0.160. The molecule has 0 spiro atoms. The minimum absolute atomic E-state index is 0.453. The molecule has 1 N–H and O–H groups in total. The highest BCUT2D eigenvalue weighted by Gasteiger charge is 2.35. The predicted molar refractivity (Wildman–Crippen MR) is 66.1 cm³/mol. The van der Waals surface area contributed by atoms with Crippen molar-refractivity contribution in [1.82, 2.24) is 5.32 Å². The Balaban J connectivity index is 1.72. The average Bonchev–Trinajstić information content (AvgIpc) is 2.84. The van der Waals surface area contributed by atoms with Gasteiger partial charge in [0, 0.05) is 45.9 Å². The van der Waals surface area contributed by atoms with Crippen LogP contribution in [0.4, 0.5) is 0 Å². The Bertz CT molecular complexity index is 207. The van der Waals surface area contributed by atoms with E-state index in [2.05, 4.69) is 5.32 Å². The van der Waals surface area contributed by atoms with E-state index in [0.717, 1.165) is 39.5 Å². The minimum atomic E-state index is 0.453. The summed E-state index contributed by atoms with van der Waals surface area (Å²) in [7, 11) is 1.74. The van der Waals surface area contributed by atoms with Crippen LogP contribution in [-0.4, -0.2) is 52.7 Å². The Morgan fingerprint density at radius 3 is 2.76 bits per heavy atom. The van der Waals surface area contributed by atoms with Gasteiger partial charge in [-0.2, -0.15) is 0 Å². The third-order valence-corrected chi connectivity index (χ3v) is 3.88. The molecule has 0 aliphatic carbocycles. The third-order valence-electron chi connectivity index (χ3n) is 3.88. The summed E-state index contributed by atoms with van der Waals surface area (Å²) < 4.78 is 16.4. The highest BCUT2D eigenvalue weighted by Crippen LogP contribution is 2.32. The highest BCUT2D eigenvalue weighted by atomic mass is 16.5. The van der Waals surface area contributed by atoms with Crippen LogP contribution in [0, 0.1) is 11.8 Å². The highest BCUT2D eigenvalue weighted by molar-refractivity contribution is 4.84. The van der Waals surface area contributed by atoms with E-state index in [1.165, 1.54) is 19.3 Å². The van der Waals surface area contributed by atoms with Gasteiger partial charge in [-0.3, -0.25) is 0 Å². The topological polar surface area (TPSA) is 39.7 Å². The molecule has 0 aromatic rings. The fourth-order valence-electron chi connectivity index (χ4n) is 2.90. The van der Waals surface area contributed by atoms with Gasteiger partial charge in [-0.1, -0.05) is 0 Å². The minimum Gasteiger partial charge on any atom is -0.383 e. The molecule has 4 nitrogen and oxygen atoms in total. The van der Waals surface area contributed by atoms with Gasteiger partial charge in [-0.15, -0.1) is 0 Å². The first-order valence-corrected chi connectivity index (χ1v) is 6.81. The Labute approximate surface area is 104 Å². The van der Waals surface area contributed by atoms with Crippen LogP contribution in [0.1, 0.15) is 19.3 Å². The van der Waals surface area contributed by atoms with Gasteiger partial charge in [-0.05, 0) is 25.2 Å². The van der Waals surface area contributed by atoms with Crippen molar-refractivity contribution >= 4 is 0 Å². The normalized spacial score (nSPS) is 30.9. The predicted octanol–water partition coefficient (Wildman–Crippen LogP) is 1.05. The second-order valence-corrected chi connectivity index (χ2v) is 5.03. The van der Waals surface area contributed by atoms with Crippen LogP contribution in [0.2, 0.25) is 0 Å². The van der Waals surface area contributed by atoms with Gasteiger partial charge in [-0.25, -0.2) is 0 Å². The smallest absolute Gasteiger partial charge is 0.0646 e. The molecule has 0 radical (unpaired) electrons. The molecule has 2 fully saturated rings. The molecule has 0 aromatic carbocycles. The molecule has 2 atom stereocenters. The number of ether oxygens (including phenoxy) is 3. The van der Waals surface area contributed by atoms with Gasteiger partial charge >= 0.3 is 0 Å². The van der Waals surface area contributed by atoms with Gasteiger partial charge in [0.15, 0.2) is 0 Å². The van der Waals surface area contributed by atoms with Crippen LogP contribution in [0.15, 0.2) is 0 Å². The van der Waals surface area contributed by atoms with Crippen LogP contribution in [0.5, 0.6) is 0 Å². The van der Waals surface area contributed by atoms with E-state index in [4.69, 9.17) is 14.2 Å². The zero-order valence-corrected chi connectivity index (χ0v) is 10.8. The fraction of sp³-hybridized carbons (Fsp3) is 1.00. The quantitative estimate of drug-likeness (QED) is 0.708. The lowest BCUT2D eigenvalue weighted by Gasteiger charge is -2.30. The fourth-order valence-corrected chi connectivity index (χ4v) is 2.90. The molecular formula is C13H25NO3. The lowest BCUT2D eigenvalue weighted by molar-refractivity contribution is -0.0187. The van der Waals surface area contributed by atoms with Crippen molar-refractivity contribution in [3.8, 4) is 0 Å². The molecule has 100 valence electrons. The molecule has 2 heterocycles. The zero-order chi connectivity index (χ0) is 11.9. The number of nitrogens with one attached hydrogen (secondary N) is 1. The maximum Gasteiger partial charge on any atom is 0.0646 e. The summed E-state index contributed by atoms with van der Waals surface area (Å²) in [6, 6.07) is 0. The van der Waals surface area contributed by atoms with Gasteiger partial charge in [0.2, 0.25) is 0 Å². The molecule has 0 aromatic heterocycles. The van der Waals surface area contributed by atoms with Crippen molar-refractivity contribution in [2.75, 3.05) is 46.6 Å². The monoisotopic (exact) mass is 243 g/mol. The van der Waals surface area contributed by atoms with Crippen molar-refractivity contribution in [1.29, 1.82) is 0 Å². The van der Waals surface area contributed by atoms with E-state index in [0.29, 0.717) is 17.9 Å². The van der Waals surface area contributed by atoms with Gasteiger partial charge in [0.1, 0.15) is 0 Å². The van der Waals surface area contributed by atoms with Crippen LogP contribution in [0.3, 0.4) is 0 Å². The van der Waals surface area contributed by atoms with E-state index < -0.39 is 0 Å². The molecular weight excluding hydrogens is 218 g/mol. The molecule has 2 rings (SSSR count). The summed E-state index contributed by atoms with van der Waals surface area (Å²) >= 11 is 0. The second-order valence-electron chi connectivity index (χ2n) is 5.03. The largest absolute Gasteiger partial charge is 0.383 e. The van der Waals surface area contributed by atoms with E-state index in [-0.39, 0.29) is 0 Å². The van der Waals surface area contributed by atoms with Crippen LogP contribution in [-0.2, 0) is 14.2 Å². The van der Waals surface area contributed by atoms with Crippen LogP contribution >= 0.6 is 0 Å². The van der Waals surface area contributed by atoms with Gasteiger partial charge < -0.3 is 19.5 Å². The summed E-state index contributed by atoms with van der Waals surface area (Å²) in [6.45, 7) is 5.54. The van der Waals surface area contributed by atoms with Crippen molar-refractivity contribution in [2.24, 2.45) is 11.8 Å². The van der Waals surface area contributed by atoms with Gasteiger partial charge in [0.05, 0.1) is 12.7 Å². The molecule has 0 saturated carbocycles. The molecule has 0 amide bonds. The summed E-state index contributed by atoms with van der Waals surface area (Å²) in [6.07, 6.45) is 3.98. The SMILES string of the molecule is COCCNCC1CCOC1C1CCOCC1. The zero-order valence-electron chi connectivity index (χ0n) is 10.8. The number of methoxy groups -OCH3 is 1. The van der Waals surface area contributed by atoms with Crippen molar-refractivity contribution in [3.05, 3.63) is 0 Å². The first-order chi connectivity index (χ1) is 8.42. The molecule has 2 saturated heterocycles. The molecule has 2 aliphatic rings. The van der Waals surface area contributed by atoms with Crippen molar-refractivity contribution < 1.29 is 14.2 Å². The maximum absolute atomic E-state index is 5.94. The number of rotatable bonds is 6. The summed E-state index contributed by atoms with van der Waals surface area (Å²) in [5.41, 5.74) is 0. The van der Waals surface area contributed by atoms with E-state index >= 15 is 0 Å². The molecule has 2 unspecified atom stereocenters. The molecule has 17 heavy (non-hydrogen) atoms. The first kappa shape index (κ1) is 13.3. The van der Waals surface area contributed by atoms with Crippen LogP contribution < -0.4 is 5.32 Å². The second kappa shape index (κ2) is 7.31. The van der Waals surface area contributed by atoms with Crippen molar-refractivity contribution in [2.45, 2.75) is 25.4 Å². The summed E-state index contributed by atoms with van der Waals surface area (Å²) in [5.74, 6) is 1.38. The Morgan fingerprint density at radius 2 is 2.00 bits per heavy atom. The lowest BCUT2D eigenvalue weighted by atomic mass is 9.85. The van der Waals surface area contributed by atoms with E-state index in [9.17, 15) is 0 Å². The standard InChI is InChI=1S/C13H25NO3/c1-15-9-5-14-10-12-4-8-17-13(12)11-2-6-16-7-3-11/h11-14H,2-10H2,1H3. The molecule has 0 bridgehead atoms. The van der Waals surface area contributed by atoms with E-state index in [1.807, 2.05) is 0 Å². The number of hydrogen-bond donors (Lipinski definition) is 1. The molecule has 2 aliphatic heterocycles. The van der Waals surface area contributed by atoms with Crippen LogP contribution in [0.25, 0.3) is 0 Å². The lowest BCUT2D eigenvalue weighted by Crippen LogP contribution is -2.36. The van der Waals surface area contributed by atoms with E-state index in [1.54, 1.807) is 7.11 Å². The Kier molecular flexibility index (Phi) is 5.71. The maximum atomic E-state index is 5.94.